The molecule has 0 N–H and O–H groups in total. The van der Waals surface area contributed by atoms with Gasteiger partial charge in [0.05, 0.1) is 12.1 Å². The number of aromatic nitrogens is 2. The molecule has 1 aliphatic rings. The third kappa shape index (κ3) is 3.03. The molecule has 2 aromatic rings. The van der Waals surface area contributed by atoms with Crippen LogP contribution in [0.3, 0.4) is 0 Å². The molecular weight excluding hydrogens is 284 g/mol. The lowest BCUT2D eigenvalue weighted by Crippen LogP contribution is -2.15. The topological polar surface area (TPSA) is 27.1 Å². The van der Waals surface area contributed by atoms with Crippen LogP contribution in [-0.2, 0) is 13.0 Å². The van der Waals surface area contributed by atoms with Crippen molar-refractivity contribution in [2.75, 3.05) is 12.5 Å². The normalized spacial score (nSPS) is 15.3. The molecule has 1 aliphatic carbocycles. The smallest absolute Gasteiger partial charge is 0.147 e. The van der Waals surface area contributed by atoms with Crippen LogP contribution in [-0.4, -0.2) is 22.0 Å². The van der Waals surface area contributed by atoms with E-state index < -0.39 is 0 Å². The van der Waals surface area contributed by atoms with Crippen LogP contribution in [0.5, 0.6) is 5.75 Å². The van der Waals surface area contributed by atoms with Crippen molar-refractivity contribution in [3.8, 4) is 5.75 Å². The highest BCUT2D eigenvalue weighted by Crippen LogP contribution is 2.32. The number of alkyl halides is 1. The number of aryl methyl sites for hydroxylation is 2. The van der Waals surface area contributed by atoms with Crippen molar-refractivity contribution in [1.82, 2.24) is 9.55 Å². The minimum absolute atomic E-state index is 0.608. The van der Waals surface area contributed by atoms with E-state index in [4.69, 9.17) is 21.3 Å². The molecular formula is C17H23ClN2O. The average Bonchev–Trinajstić information content (AvgIpc) is 2.77. The van der Waals surface area contributed by atoms with Crippen molar-refractivity contribution in [3.05, 3.63) is 24.0 Å². The van der Waals surface area contributed by atoms with Crippen molar-refractivity contribution < 1.29 is 4.74 Å². The largest absolute Gasteiger partial charge is 0.492 e. The number of ether oxygens (including phenoxy) is 1. The van der Waals surface area contributed by atoms with Gasteiger partial charge in [0.1, 0.15) is 17.1 Å². The van der Waals surface area contributed by atoms with E-state index in [9.17, 15) is 0 Å². The Bertz CT molecular complexity index is 604. The third-order valence-corrected chi connectivity index (χ3v) is 4.61. The number of nitrogens with zero attached hydrogens (tertiary/aromatic N) is 2. The molecule has 3 rings (SSSR count). The molecule has 1 saturated carbocycles. The Morgan fingerprint density at radius 3 is 2.90 bits per heavy atom. The van der Waals surface area contributed by atoms with Gasteiger partial charge >= 0.3 is 0 Å². The molecule has 0 unspecified atom stereocenters. The van der Waals surface area contributed by atoms with Crippen LogP contribution in [0.4, 0.5) is 0 Å². The van der Waals surface area contributed by atoms with Gasteiger partial charge in [-0.2, -0.15) is 0 Å². The summed E-state index contributed by atoms with van der Waals surface area (Å²) < 4.78 is 8.06. The summed E-state index contributed by atoms with van der Waals surface area (Å²) in [7, 11) is 0. The molecule has 0 amide bonds. The van der Waals surface area contributed by atoms with E-state index in [0.717, 1.165) is 36.0 Å². The molecule has 3 nitrogen and oxygen atoms in total. The molecule has 1 heterocycles. The molecule has 1 aromatic carbocycles. The van der Waals surface area contributed by atoms with Crippen LogP contribution in [0.15, 0.2) is 18.2 Å². The molecule has 0 radical (unpaired) electrons. The Balaban J connectivity index is 1.93. The predicted octanol–water partition coefficient (Wildman–Crippen LogP) is 4.41. The third-order valence-electron chi connectivity index (χ3n) is 4.42. The second-order valence-corrected chi connectivity index (χ2v) is 6.14. The van der Waals surface area contributed by atoms with Crippen molar-refractivity contribution in [3.63, 3.8) is 0 Å². The van der Waals surface area contributed by atoms with E-state index in [1.807, 2.05) is 13.0 Å². The van der Waals surface area contributed by atoms with Gasteiger partial charge in [0, 0.05) is 18.8 Å². The fraction of sp³-hybridized carbons (Fsp3) is 0.588. The van der Waals surface area contributed by atoms with Crippen molar-refractivity contribution in [2.45, 2.75) is 45.6 Å². The minimum atomic E-state index is 0.608. The molecule has 0 aliphatic heterocycles. The van der Waals surface area contributed by atoms with Gasteiger partial charge in [-0.3, -0.25) is 0 Å². The Hall–Kier alpha value is -1.22. The molecule has 1 aromatic heterocycles. The number of imidazole rings is 1. The maximum absolute atomic E-state index is 5.95. The predicted molar refractivity (Wildman–Crippen MR) is 87.3 cm³/mol. The maximum atomic E-state index is 5.95. The first-order valence-electron chi connectivity index (χ1n) is 8.00. The molecule has 0 atom stereocenters. The lowest BCUT2D eigenvalue weighted by atomic mass is 9.83. The zero-order valence-corrected chi connectivity index (χ0v) is 13.4. The Kier molecular flexibility index (Phi) is 4.69. The van der Waals surface area contributed by atoms with Gasteiger partial charge in [0.2, 0.25) is 0 Å². The number of fused-ring (bicyclic) bond motifs is 1. The number of halogens is 1. The summed E-state index contributed by atoms with van der Waals surface area (Å²) in [6.45, 7) is 3.72. The van der Waals surface area contributed by atoms with Crippen LogP contribution >= 0.6 is 11.6 Å². The molecule has 0 spiro atoms. The zero-order chi connectivity index (χ0) is 14.7. The lowest BCUT2D eigenvalue weighted by Gasteiger charge is -2.25. The number of hydrogen-bond donors (Lipinski definition) is 0. The summed E-state index contributed by atoms with van der Waals surface area (Å²) in [5.41, 5.74) is 2.16. The highest BCUT2D eigenvalue weighted by molar-refractivity contribution is 6.17. The number of hydrogen-bond acceptors (Lipinski definition) is 2. The molecule has 0 saturated heterocycles. The maximum Gasteiger partial charge on any atom is 0.147 e. The highest BCUT2D eigenvalue weighted by Gasteiger charge is 2.19. The Morgan fingerprint density at radius 2 is 2.24 bits per heavy atom. The van der Waals surface area contributed by atoms with Crippen molar-refractivity contribution in [2.24, 2.45) is 5.92 Å². The van der Waals surface area contributed by atoms with Gasteiger partial charge in [-0.15, -0.1) is 11.6 Å². The van der Waals surface area contributed by atoms with Crippen LogP contribution in [0.1, 0.15) is 38.4 Å². The Morgan fingerprint density at radius 1 is 1.38 bits per heavy atom. The van der Waals surface area contributed by atoms with Crippen LogP contribution in [0.2, 0.25) is 0 Å². The summed E-state index contributed by atoms with van der Waals surface area (Å²) in [5.74, 6) is 3.48. The molecule has 4 heteroatoms. The van der Waals surface area contributed by atoms with Crippen LogP contribution < -0.4 is 4.74 Å². The number of para-hydroxylation sites is 1. The quantitative estimate of drug-likeness (QED) is 0.709. The second-order valence-electron chi connectivity index (χ2n) is 5.76. The monoisotopic (exact) mass is 306 g/mol. The van der Waals surface area contributed by atoms with E-state index in [0.29, 0.717) is 12.5 Å². The SMILES string of the molecule is CCOc1cccc2c1nc(CCCl)n2CCC1CCC1. The number of rotatable bonds is 7. The van der Waals surface area contributed by atoms with E-state index in [-0.39, 0.29) is 0 Å². The first-order valence-corrected chi connectivity index (χ1v) is 8.53. The summed E-state index contributed by atoms with van der Waals surface area (Å²) in [6, 6.07) is 6.20. The average molecular weight is 307 g/mol. The number of benzene rings is 1. The second kappa shape index (κ2) is 6.69. The Labute approximate surface area is 131 Å². The molecule has 1 fully saturated rings. The van der Waals surface area contributed by atoms with Gasteiger partial charge in [0.25, 0.3) is 0 Å². The van der Waals surface area contributed by atoms with Gasteiger partial charge < -0.3 is 9.30 Å². The van der Waals surface area contributed by atoms with Gasteiger partial charge in [-0.05, 0) is 31.4 Å². The van der Waals surface area contributed by atoms with Crippen LogP contribution in [0, 0.1) is 5.92 Å². The van der Waals surface area contributed by atoms with E-state index in [2.05, 4.69) is 16.7 Å². The minimum Gasteiger partial charge on any atom is -0.492 e. The summed E-state index contributed by atoms with van der Waals surface area (Å²) in [5, 5.41) is 0. The van der Waals surface area contributed by atoms with E-state index >= 15 is 0 Å². The summed E-state index contributed by atoms with van der Waals surface area (Å²) in [4.78, 5) is 4.80. The first kappa shape index (κ1) is 14.7. The summed E-state index contributed by atoms with van der Waals surface area (Å²) >= 11 is 5.95. The molecule has 0 bridgehead atoms. The lowest BCUT2D eigenvalue weighted by molar-refractivity contribution is 0.282. The van der Waals surface area contributed by atoms with Crippen molar-refractivity contribution >= 4 is 22.6 Å². The summed E-state index contributed by atoms with van der Waals surface area (Å²) in [6.07, 6.45) is 6.24. The van der Waals surface area contributed by atoms with E-state index in [1.54, 1.807) is 0 Å². The fourth-order valence-electron chi connectivity index (χ4n) is 3.06. The van der Waals surface area contributed by atoms with Gasteiger partial charge in [0.15, 0.2) is 0 Å². The zero-order valence-electron chi connectivity index (χ0n) is 12.6. The standard InChI is InChI=1S/C17H23ClN2O/c1-2-21-15-8-4-7-14-17(15)19-16(9-11-18)20(14)12-10-13-5-3-6-13/h4,7-8,13H,2-3,5-6,9-12H2,1H3. The van der Waals surface area contributed by atoms with E-state index in [1.165, 1.54) is 31.2 Å². The molecule has 21 heavy (non-hydrogen) atoms. The highest BCUT2D eigenvalue weighted by atomic mass is 35.5. The van der Waals surface area contributed by atoms with Gasteiger partial charge in [-0.1, -0.05) is 25.3 Å². The van der Waals surface area contributed by atoms with Crippen molar-refractivity contribution in [1.29, 1.82) is 0 Å². The first-order chi connectivity index (χ1) is 10.3. The van der Waals surface area contributed by atoms with Gasteiger partial charge in [-0.25, -0.2) is 4.98 Å². The van der Waals surface area contributed by atoms with Crippen LogP contribution in [0.25, 0.3) is 11.0 Å². The fourth-order valence-corrected chi connectivity index (χ4v) is 3.23. The molecule has 114 valence electrons.